The maximum Gasteiger partial charge on any atom is 0.0175 e. The van der Waals surface area contributed by atoms with Crippen molar-refractivity contribution in [1.29, 1.82) is 0 Å². The molecule has 76 valence electrons. The Kier molecular flexibility index (Phi) is 3.24. The van der Waals surface area contributed by atoms with Gasteiger partial charge in [-0.25, -0.2) is 0 Å². The molecule has 0 aliphatic carbocycles. The quantitative estimate of drug-likeness (QED) is 0.853. The van der Waals surface area contributed by atoms with E-state index in [1.165, 1.54) is 29.4 Å². The van der Waals surface area contributed by atoms with Gasteiger partial charge in [0.2, 0.25) is 0 Å². The molecule has 1 N–H and O–H groups in total. The Labute approximate surface area is 94.0 Å². The standard InChI is InChI=1S/C12H16BrN/c1-2-12-11(7-8-14-12)9-3-5-10(13)6-4-9/h3-6,11-12,14H,2,7-8H2,1H3. The second-order valence-electron chi connectivity index (χ2n) is 3.92. The minimum atomic E-state index is 0.677. The predicted octanol–water partition coefficient (Wildman–Crippen LogP) is 3.30. The van der Waals surface area contributed by atoms with E-state index in [2.05, 4.69) is 52.4 Å². The number of halogens is 1. The summed E-state index contributed by atoms with van der Waals surface area (Å²) in [5, 5.41) is 3.56. The van der Waals surface area contributed by atoms with Crippen LogP contribution < -0.4 is 5.32 Å². The highest BCUT2D eigenvalue weighted by molar-refractivity contribution is 9.10. The first-order valence-electron chi connectivity index (χ1n) is 5.30. The van der Waals surface area contributed by atoms with Crippen LogP contribution in [0.15, 0.2) is 28.7 Å². The maximum atomic E-state index is 3.56. The number of benzene rings is 1. The van der Waals surface area contributed by atoms with Gasteiger partial charge in [-0.1, -0.05) is 35.0 Å². The summed E-state index contributed by atoms with van der Waals surface area (Å²) in [7, 11) is 0. The average molecular weight is 254 g/mol. The van der Waals surface area contributed by atoms with Gasteiger partial charge >= 0.3 is 0 Å². The van der Waals surface area contributed by atoms with Crippen molar-refractivity contribution in [2.45, 2.75) is 31.7 Å². The first-order valence-corrected chi connectivity index (χ1v) is 6.09. The van der Waals surface area contributed by atoms with Gasteiger partial charge in [-0.05, 0) is 37.1 Å². The van der Waals surface area contributed by atoms with E-state index in [9.17, 15) is 0 Å². The molecule has 1 aliphatic rings. The Morgan fingerprint density at radius 2 is 2.07 bits per heavy atom. The molecule has 1 nitrogen and oxygen atoms in total. The van der Waals surface area contributed by atoms with Crippen LogP contribution in [-0.2, 0) is 0 Å². The summed E-state index contributed by atoms with van der Waals surface area (Å²) in [6, 6.07) is 9.44. The van der Waals surface area contributed by atoms with Crippen LogP contribution in [0.3, 0.4) is 0 Å². The van der Waals surface area contributed by atoms with E-state index in [0.717, 1.165) is 0 Å². The summed E-state index contributed by atoms with van der Waals surface area (Å²) in [6.45, 7) is 3.42. The molecule has 0 saturated carbocycles. The number of hydrogen-bond acceptors (Lipinski definition) is 1. The van der Waals surface area contributed by atoms with Gasteiger partial charge in [-0.2, -0.15) is 0 Å². The van der Waals surface area contributed by atoms with Crippen molar-refractivity contribution in [2.24, 2.45) is 0 Å². The largest absolute Gasteiger partial charge is 0.313 e. The van der Waals surface area contributed by atoms with E-state index >= 15 is 0 Å². The van der Waals surface area contributed by atoms with Crippen molar-refractivity contribution in [3.8, 4) is 0 Å². The van der Waals surface area contributed by atoms with Crippen molar-refractivity contribution in [2.75, 3.05) is 6.54 Å². The fourth-order valence-electron chi connectivity index (χ4n) is 2.31. The van der Waals surface area contributed by atoms with Gasteiger partial charge in [0.15, 0.2) is 0 Å². The molecule has 2 rings (SSSR count). The molecule has 1 aromatic rings. The van der Waals surface area contributed by atoms with Gasteiger partial charge in [0.05, 0.1) is 0 Å². The maximum absolute atomic E-state index is 3.56. The van der Waals surface area contributed by atoms with Gasteiger partial charge < -0.3 is 5.32 Å². The molecule has 0 spiro atoms. The minimum absolute atomic E-state index is 0.677. The summed E-state index contributed by atoms with van der Waals surface area (Å²) in [4.78, 5) is 0. The molecule has 0 bridgehead atoms. The lowest BCUT2D eigenvalue weighted by Gasteiger charge is -2.18. The molecule has 2 heteroatoms. The summed E-state index contributed by atoms with van der Waals surface area (Å²) >= 11 is 3.47. The Hall–Kier alpha value is -0.340. The third kappa shape index (κ3) is 2.01. The zero-order valence-electron chi connectivity index (χ0n) is 8.46. The molecule has 1 aliphatic heterocycles. The SMILES string of the molecule is CCC1NCCC1c1ccc(Br)cc1. The van der Waals surface area contributed by atoms with Gasteiger partial charge in [-0.3, -0.25) is 0 Å². The lowest BCUT2D eigenvalue weighted by Crippen LogP contribution is -2.24. The second-order valence-corrected chi connectivity index (χ2v) is 4.83. The van der Waals surface area contributed by atoms with Crippen molar-refractivity contribution in [1.82, 2.24) is 5.32 Å². The monoisotopic (exact) mass is 253 g/mol. The molecule has 2 atom stereocenters. The van der Waals surface area contributed by atoms with Crippen LogP contribution in [0.2, 0.25) is 0 Å². The topological polar surface area (TPSA) is 12.0 Å². The fourth-order valence-corrected chi connectivity index (χ4v) is 2.57. The van der Waals surface area contributed by atoms with Crippen molar-refractivity contribution >= 4 is 15.9 Å². The summed E-state index contributed by atoms with van der Waals surface area (Å²) in [5.74, 6) is 0.716. The predicted molar refractivity (Wildman–Crippen MR) is 63.6 cm³/mol. The number of rotatable bonds is 2. The van der Waals surface area contributed by atoms with Crippen LogP contribution in [0.5, 0.6) is 0 Å². The zero-order chi connectivity index (χ0) is 9.97. The Balaban J connectivity index is 2.17. The van der Waals surface area contributed by atoms with Gasteiger partial charge in [0.25, 0.3) is 0 Å². The lowest BCUT2D eigenvalue weighted by atomic mass is 9.91. The van der Waals surface area contributed by atoms with Crippen LogP contribution in [0.4, 0.5) is 0 Å². The molecule has 0 radical (unpaired) electrons. The molecule has 0 amide bonds. The average Bonchev–Trinajstić information content (AvgIpc) is 2.67. The highest BCUT2D eigenvalue weighted by Crippen LogP contribution is 2.29. The fraction of sp³-hybridized carbons (Fsp3) is 0.500. The smallest absolute Gasteiger partial charge is 0.0175 e. The van der Waals surface area contributed by atoms with Gasteiger partial charge in [0, 0.05) is 16.4 Å². The van der Waals surface area contributed by atoms with Crippen LogP contribution in [0, 0.1) is 0 Å². The minimum Gasteiger partial charge on any atom is -0.313 e. The molecule has 0 aromatic heterocycles. The number of nitrogens with one attached hydrogen (secondary N) is 1. The highest BCUT2D eigenvalue weighted by atomic mass is 79.9. The summed E-state index contributed by atoms with van der Waals surface area (Å²) < 4.78 is 1.17. The molecule has 2 unspecified atom stereocenters. The Morgan fingerprint density at radius 3 is 2.71 bits per heavy atom. The van der Waals surface area contributed by atoms with E-state index in [0.29, 0.717) is 12.0 Å². The molecule has 14 heavy (non-hydrogen) atoms. The van der Waals surface area contributed by atoms with Crippen LogP contribution in [0.1, 0.15) is 31.2 Å². The van der Waals surface area contributed by atoms with Crippen molar-refractivity contribution in [3.63, 3.8) is 0 Å². The lowest BCUT2D eigenvalue weighted by molar-refractivity contribution is 0.531. The van der Waals surface area contributed by atoms with Crippen LogP contribution in [0.25, 0.3) is 0 Å². The number of hydrogen-bond donors (Lipinski definition) is 1. The molecule has 1 aromatic carbocycles. The summed E-state index contributed by atoms with van der Waals surface area (Å²) in [5.41, 5.74) is 1.48. The summed E-state index contributed by atoms with van der Waals surface area (Å²) in [6.07, 6.45) is 2.50. The van der Waals surface area contributed by atoms with E-state index in [1.54, 1.807) is 0 Å². The molecule has 1 heterocycles. The Bertz CT molecular complexity index is 294. The van der Waals surface area contributed by atoms with Crippen molar-refractivity contribution in [3.05, 3.63) is 34.3 Å². The first kappa shape index (κ1) is 10.2. The van der Waals surface area contributed by atoms with E-state index < -0.39 is 0 Å². The zero-order valence-corrected chi connectivity index (χ0v) is 10.0. The molecule has 1 fully saturated rings. The van der Waals surface area contributed by atoms with Gasteiger partial charge in [0.1, 0.15) is 0 Å². The third-order valence-electron chi connectivity index (χ3n) is 3.09. The Morgan fingerprint density at radius 1 is 1.36 bits per heavy atom. The van der Waals surface area contributed by atoms with Crippen LogP contribution >= 0.6 is 15.9 Å². The van der Waals surface area contributed by atoms with E-state index in [4.69, 9.17) is 0 Å². The van der Waals surface area contributed by atoms with Crippen molar-refractivity contribution < 1.29 is 0 Å². The highest BCUT2D eigenvalue weighted by Gasteiger charge is 2.26. The second kappa shape index (κ2) is 4.45. The van der Waals surface area contributed by atoms with Crippen LogP contribution in [-0.4, -0.2) is 12.6 Å². The van der Waals surface area contributed by atoms with Gasteiger partial charge in [-0.15, -0.1) is 0 Å². The molecular formula is C12H16BrN. The van der Waals surface area contributed by atoms with E-state index in [-0.39, 0.29) is 0 Å². The normalized spacial score (nSPS) is 26.7. The first-order chi connectivity index (χ1) is 6.81. The molecule has 1 saturated heterocycles. The van der Waals surface area contributed by atoms with E-state index in [1.807, 2.05) is 0 Å². The molecular weight excluding hydrogens is 238 g/mol. The third-order valence-corrected chi connectivity index (χ3v) is 3.61.